The summed E-state index contributed by atoms with van der Waals surface area (Å²) in [6.45, 7) is 2.12. The van der Waals surface area contributed by atoms with Gasteiger partial charge in [-0.25, -0.2) is 26.3 Å². The van der Waals surface area contributed by atoms with Crippen molar-refractivity contribution in [2.45, 2.75) is 83.4 Å². The van der Waals surface area contributed by atoms with Gasteiger partial charge in [0.25, 0.3) is 0 Å². The largest absolute Gasteiger partial charge is 0.432 e. The first-order valence-electron chi connectivity index (χ1n) is 15.4. The van der Waals surface area contributed by atoms with Crippen LogP contribution >= 0.6 is 0 Å². The van der Waals surface area contributed by atoms with Crippen LogP contribution in [0.2, 0.25) is 0 Å². The van der Waals surface area contributed by atoms with Crippen LogP contribution in [-0.4, -0.2) is 12.3 Å². The van der Waals surface area contributed by atoms with Gasteiger partial charge >= 0.3 is 12.3 Å². The summed E-state index contributed by atoms with van der Waals surface area (Å²) >= 11 is 0. The number of ether oxygens (including phenoxy) is 1. The molecule has 0 N–H and O–H groups in total. The number of allylic oxidation sites excluding steroid dienone is 1. The average Bonchev–Trinajstić information content (AvgIpc) is 2.95. The Labute approximate surface area is 265 Å². The molecule has 1 saturated carbocycles. The number of hydrogen-bond donors (Lipinski definition) is 0. The highest BCUT2D eigenvalue weighted by molar-refractivity contribution is 5.73. The quantitative estimate of drug-likeness (QED) is 0.137. The van der Waals surface area contributed by atoms with E-state index in [9.17, 15) is 22.0 Å². The molecule has 0 spiro atoms. The monoisotopic (exact) mass is 678 g/mol. The van der Waals surface area contributed by atoms with E-state index in [2.05, 4.69) is 6.92 Å². The summed E-state index contributed by atoms with van der Waals surface area (Å²) in [5.41, 5.74) is -4.55. The Morgan fingerprint density at radius 3 is 1.60 bits per heavy atom. The Morgan fingerprint density at radius 2 is 1.11 bits per heavy atom. The topological polar surface area (TPSA) is 9.23 Å². The predicted octanol–water partition coefficient (Wildman–Crippen LogP) is 12.6. The minimum atomic E-state index is -4.88. The maximum Gasteiger partial charge on any atom is 0.409 e. The van der Waals surface area contributed by atoms with Crippen LogP contribution in [0.1, 0.15) is 76.7 Å². The second-order valence-corrected chi connectivity index (χ2v) is 11.9. The highest BCUT2D eigenvalue weighted by Crippen LogP contribution is 2.43. The highest BCUT2D eigenvalue weighted by atomic mass is 19.4. The first-order chi connectivity index (χ1) is 22.1. The van der Waals surface area contributed by atoms with Crippen LogP contribution in [0.5, 0.6) is 5.75 Å². The van der Waals surface area contributed by atoms with E-state index in [1.807, 2.05) is 0 Å². The minimum Gasteiger partial charge on any atom is -0.432 e. The van der Waals surface area contributed by atoms with E-state index in [1.54, 1.807) is 0 Å². The first kappa shape index (κ1) is 36.3. The average molecular weight is 679 g/mol. The lowest BCUT2D eigenvalue weighted by molar-refractivity contribution is -0.223. The summed E-state index contributed by atoms with van der Waals surface area (Å²) in [5.74, 6) is -10.7. The van der Waals surface area contributed by atoms with Gasteiger partial charge in [-0.2, -0.15) is 22.0 Å². The third-order valence-corrected chi connectivity index (χ3v) is 8.44. The highest BCUT2D eigenvalue weighted by Gasteiger charge is 2.44. The Morgan fingerprint density at radius 1 is 0.638 bits per heavy atom. The van der Waals surface area contributed by atoms with Crippen molar-refractivity contribution >= 4 is 6.08 Å². The molecule has 0 amide bonds. The van der Waals surface area contributed by atoms with Crippen molar-refractivity contribution in [1.82, 2.24) is 0 Å². The fourth-order valence-electron chi connectivity index (χ4n) is 6.01. The molecule has 0 heterocycles. The zero-order valence-corrected chi connectivity index (χ0v) is 25.4. The molecule has 0 aliphatic heterocycles. The summed E-state index contributed by atoms with van der Waals surface area (Å²) in [5, 5.41) is 0. The number of rotatable bonds is 12. The number of benzene rings is 3. The lowest BCUT2D eigenvalue weighted by atomic mass is 9.79. The lowest BCUT2D eigenvalue weighted by Crippen LogP contribution is -2.37. The summed E-state index contributed by atoms with van der Waals surface area (Å²) in [4.78, 5) is 0. The van der Waals surface area contributed by atoms with Gasteiger partial charge in [-0.15, -0.1) is 0 Å². The van der Waals surface area contributed by atoms with Crippen molar-refractivity contribution in [3.05, 3.63) is 82.9 Å². The van der Waals surface area contributed by atoms with E-state index in [-0.39, 0.29) is 18.9 Å². The van der Waals surface area contributed by atoms with Gasteiger partial charge in [0.15, 0.2) is 0 Å². The second-order valence-electron chi connectivity index (χ2n) is 11.9. The Balaban J connectivity index is 1.49. The molecule has 1 nitrogen and oxygen atoms in total. The molecule has 12 heteroatoms. The van der Waals surface area contributed by atoms with Crippen molar-refractivity contribution in [2.24, 2.45) is 11.8 Å². The third kappa shape index (κ3) is 9.28. The minimum absolute atomic E-state index is 0.112. The number of hydrogen-bond acceptors (Lipinski definition) is 1. The van der Waals surface area contributed by atoms with Crippen LogP contribution in [0.15, 0.2) is 42.5 Å². The molecule has 3 aromatic rings. The van der Waals surface area contributed by atoms with E-state index >= 15 is 26.3 Å². The van der Waals surface area contributed by atoms with Gasteiger partial charge in [0.05, 0.1) is 17.0 Å². The summed E-state index contributed by atoms with van der Waals surface area (Å²) in [6.07, 6.45) is -0.831. The molecular weight excluding hydrogens is 645 g/mol. The maximum absolute atomic E-state index is 15.1. The molecule has 1 aliphatic carbocycles. The first-order valence-corrected chi connectivity index (χ1v) is 15.4. The number of halogens is 11. The Bertz CT molecular complexity index is 1500. The van der Waals surface area contributed by atoms with Crippen molar-refractivity contribution in [3.8, 4) is 28.0 Å². The zero-order chi connectivity index (χ0) is 34.5. The number of alkyl halides is 5. The van der Waals surface area contributed by atoms with Gasteiger partial charge in [-0.1, -0.05) is 45.4 Å². The van der Waals surface area contributed by atoms with Crippen LogP contribution in [0.3, 0.4) is 0 Å². The fourth-order valence-corrected chi connectivity index (χ4v) is 6.01. The van der Waals surface area contributed by atoms with Crippen LogP contribution in [0, 0.1) is 46.7 Å². The smallest absolute Gasteiger partial charge is 0.409 e. The second kappa shape index (κ2) is 15.1. The van der Waals surface area contributed by atoms with Gasteiger partial charge < -0.3 is 4.74 Å². The van der Waals surface area contributed by atoms with Gasteiger partial charge in [0.1, 0.15) is 40.7 Å². The van der Waals surface area contributed by atoms with E-state index in [1.165, 1.54) is 0 Å². The molecule has 0 atom stereocenters. The summed E-state index contributed by atoms with van der Waals surface area (Å²) in [7, 11) is 0. The number of unbranched alkanes of at least 4 members (excludes halogenated alkanes) is 4. The summed E-state index contributed by atoms with van der Waals surface area (Å²) in [6, 6.07) is 2.66. The molecule has 0 radical (unpaired) electrons. The van der Waals surface area contributed by atoms with Crippen molar-refractivity contribution in [2.75, 3.05) is 0 Å². The van der Waals surface area contributed by atoms with E-state index in [0.717, 1.165) is 38.5 Å². The van der Waals surface area contributed by atoms with E-state index in [0.29, 0.717) is 55.2 Å². The molecular formula is C35H33F11O. The van der Waals surface area contributed by atoms with Gasteiger partial charge in [0.2, 0.25) is 0 Å². The van der Waals surface area contributed by atoms with Crippen LogP contribution < -0.4 is 4.74 Å². The molecule has 0 aromatic heterocycles. The lowest BCUT2D eigenvalue weighted by Gasteiger charge is -2.33. The van der Waals surface area contributed by atoms with Crippen molar-refractivity contribution in [1.29, 1.82) is 0 Å². The standard InChI is InChI=1S/C35H33F11O/c1-2-3-4-5-6-7-20-8-10-23(11-9-20)35(45,46)47-24-18-30(40)33(31(41)19-24)22-16-28(38)32(29(39)17-22)21-14-26(36)25(27(37)15-21)12-13-34(42,43)44/h12-20,23H,2-11H2,1H3. The molecule has 0 saturated heterocycles. The Hall–Kier alpha value is -3.57. The zero-order valence-electron chi connectivity index (χ0n) is 25.4. The van der Waals surface area contributed by atoms with Crippen LogP contribution in [0.4, 0.5) is 48.3 Å². The van der Waals surface area contributed by atoms with Gasteiger partial charge in [-0.3, -0.25) is 0 Å². The summed E-state index contributed by atoms with van der Waals surface area (Å²) < 4.78 is 161. The fraction of sp³-hybridized carbons (Fsp3) is 0.429. The third-order valence-electron chi connectivity index (χ3n) is 8.44. The molecule has 1 fully saturated rings. The van der Waals surface area contributed by atoms with E-state index < -0.39 is 92.7 Å². The Kier molecular flexibility index (Phi) is 11.7. The molecule has 1 aliphatic rings. The van der Waals surface area contributed by atoms with Gasteiger partial charge in [0, 0.05) is 23.8 Å². The normalized spacial score (nSPS) is 17.4. The van der Waals surface area contributed by atoms with Gasteiger partial charge in [-0.05, 0) is 73.1 Å². The maximum atomic E-state index is 15.1. The molecule has 256 valence electrons. The van der Waals surface area contributed by atoms with Crippen LogP contribution in [0.25, 0.3) is 28.3 Å². The van der Waals surface area contributed by atoms with E-state index in [4.69, 9.17) is 4.74 Å². The van der Waals surface area contributed by atoms with Crippen molar-refractivity contribution in [3.63, 3.8) is 0 Å². The molecule has 47 heavy (non-hydrogen) atoms. The molecule has 4 rings (SSSR count). The molecule has 0 bridgehead atoms. The van der Waals surface area contributed by atoms with Crippen LogP contribution in [-0.2, 0) is 0 Å². The van der Waals surface area contributed by atoms with Crippen molar-refractivity contribution < 1.29 is 53.0 Å². The predicted molar refractivity (Wildman–Crippen MR) is 157 cm³/mol. The molecule has 0 unspecified atom stereocenters. The molecule has 3 aromatic carbocycles. The SMILES string of the molecule is CCCCCCCC1CCC(C(F)(F)Oc2cc(F)c(-c3cc(F)c(-c4cc(F)c(C=CC(F)(F)F)c(F)c4)c(F)c3)c(F)c2)CC1.